The molecule has 0 unspecified atom stereocenters. The monoisotopic (exact) mass is 390 g/mol. The number of aromatic nitrogens is 2. The molecule has 2 aromatic carbocycles. The van der Waals surface area contributed by atoms with Gasteiger partial charge in [0.1, 0.15) is 5.82 Å². The second-order valence-corrected chi connectivity index (χ2v) is 7.80. The zero-order valence-electron chi connectivity index (χ0n) is 17.4. The molecular weight excluding hydrogens is 364 g/mol. The van der Waals surface area contributed by atoms with Crippen LogP contribution in [0.3, 0.4) is 0 Å². The van der Waals surface area contributed by atoms with Gasteiger partial charge in [0, 0.05) is 17.4 Å². The average Bonchev–Trinajstić information content (AvgIpc) is 2.67. The van der Waals surface area contributed by atoms with Crippen LogP contribution in [0.1, 0.15) is 42.4 Å². The molecule has 0 aliphatic rings. The number of hydrogen-bond donors (Lipinski definition) is 2. The summed E-state index contributed by atoms with van der Waals surface area (Å²) in [5.74, 6) is 0.667. The molecule has 3 rings (SSSR count). The summed E-state index contributed by atoms with van der Waals surface area (Å²) in [6, 6.07) is 17.1. The maximum atomic E-state index is 12.0. The molecule has 1 heterocycles. The van der Waals surface area contributed by atoms with Crippen molar-refractivity contribution in [1.29, 1.82) is 0 Å². The van der Waals surface area contributed by atoms with Crippen LogP contribution in [0.4, 0.5) is 23.1 Å². The summed E-state index contributed by atoms with van der Waals surface area (Å²) in [5.41, 5.74) is 3.99. The Morgan fingerprint density at radius 3 is 2.28 bits per heavy atom. The van der Waals surface area contributed by atoms with E-state index in [4.69, 9.17) is 4.74 Å². The number of hydrogen-bond acceptors (Lipinski definition) is 6. The molecular formula is C23H26N4O2. The molecule has 150 valence electrons. The van der Waals surface area contributed by atoms with E-state index in [0.29, 0.717) is 23.0 Å². The number of anilines is 4. The lowest BCUT2D eigenvalue weighted by atomic mass is 9.86. The van der Waals surface area contributed by atoms with Gasteiger partial charge in [0.15, 0.2) is 0 Å². The third-order valence-corrected chi connectivity index (χ3v) is 4.43. The zero-order chi connectivity index (χ0) is 21.0. The molecule has 3 aromatic rings. The first-order chi connectivity index (χ1) is 13.8. The van der Waals surface area contributed by atoms with Gasteiger partial charge in [-0.1, -0.05) is 51.1 Å². The summed E-state index contributed by atoms with van der Waals surface area (Å²) < 4.78 is 4.86. The Kier molecular flexibility index (Phi) is 5.82. The number of ether oxygens (including phenoxy) is 1. The molecule has 0 radical (unpaired) electrons. The van der Waals surface area contributed by atoms with E-state index >= 15 is 0 Å². The van der Waals surface area contributed by atoms with Crippen LogP contribution in [-0.2, 0) is 10.2 Å². The molecule has 0 saturated heterocycles. The van der Waals surface area contributed by atoms with Gasteiger partial charge in [-0.25, -0.2) is 9.78 Å². The fourth-order valence-electron chi connectivity index (χ4n) is 3.07. The quantitative estimate of drug-likeness (QED) is 0.572. The lowest BCUT2D eigenvalue weighted by molar-refractivity contribution is 0.0602. The van der Waals surface area contributed by atoms with E-state index in [9.17, 15) is 4.79 Å². The van der Waals surface area contributed by atoms with Crippen LogP contribution in [0.5, 0.6) is 0 Å². The van der Waals surface area contributed by atoms with Crippen LogP contribution in [-0.4, -0.2) is 23.0 Å². The van der Waals surface area contributed by atoms with E-state index in [1.807, 2.05) is 43.3 Å². The second kappa shape index (κ2) is 8.31. The smallest absolute Gasteiger partial charge is 0.339 e. The second-order valence-electron chi connectivity index (χ2n) is 7.80. The average molecular weight is 390 g/mol. The van der Waals surface area contributed by atoms with Crippen molar-refractivity contribution in [3.05, 3.63) is 71.4 Å². The van der Waals surface area contributed by atoms with Crippen LogP contribution in [0.25, 0.3) is 0 Å². The first kappa shape index (κ1) is 20.3. The van der Waals surface area contributed by atoms with Crippen molar-refractivity contribution in [2.75, 3.05) is 17.7 Å². The maximum absolute atomic E-state index is 12.0. The highest BCUT2D eigenvalue weighted by Gasteiger charge is 2.18. The van der Waals surface area contributed by atoms with E-state index in [2.05, 4.69) is 47.4 Å². The normalized spacial score (nSPS) is 11.1. The predicted molar refractivity (Wildman–Crippen MR) is 116 cm³/mol. The van der Waals surface area contributed by atoms with Crippen molar-refractivity contribution in [2.45, 2.75) is 33.1 Å². The molecule has 0 saturated carbocycles. The first-order valence-corrected chi connectivity index (χ1v) is 9.44. The number of nitrogens with zero attached hydrogens (tertiary/aromatic N) is 2. The molecule has 0 spiro atoms. The molecule has 0 aliphatic carbocycles. The van der Waals surface area contributed by atoms with Crippen LogP contribution < -0.4 is 10.6 Å². The summed E-state index contributed by atoms with van der Waals surface area (Å²) >= 11 is 0. The summed E-state index contributed by atoms with van der Waals surface area (Å²) in [4.78, 5) is 21.1. The molecule has 2 N–H and O–H groups in total. The molecule has 1 aromatic heterocycles. The van der Waals surface area contributed by atoms with Gasteiger partial charge in [-0.05, 0) is 36.1 Å². The van der Waals surface area contributed by atoms with Crippen molar-refractivity contribution in [3.63, 3.8) is 0 Å². The predicted octanol–water partition coefficient (Wildman–Crippen LogP) is 5.36. The van der Waals surface area contributed by atoms with Crippen molar-refractivity contribution < 1.29 is 9.53 Å². The van der Waals surface area contributed by atoms with Gasteiger partial charge >= 0.3 is 5.97 Å². The van der Waals surface area contributed by atoms with Crippen molar-refractivity contribution in [3.8, 4) is 0 Å². The molecule has 0 amide bonds. The maximum Gasteiger partial charge on any atom is 0.339 e. The minimum atomic E-state index is -0.406. The van der Waals surface area contributed by atoms with Gasteiger partial charge in [-0.3, -0.25) is 0 Å². The van der Waals surface area contributed by atoms with Crippen LogP contribution in [0.15, 0.2) is 54.6 Å². The van der Waals surface area contributed by atoms with Gasteiger partial charge in [0.25, 0.3) is 0 Å². The highest BCUT2D eigenvalue weighted by molar-refractivity contribution is 5.96. The van der Waals surface area contributed by atoms with Crippen LogP contribution >= 0.6 is 0 Å². The Labute approximate surface area is 171 Å². The Hall–Kier alpha value is -3.41. The third kappa shape index (κ3) is 4.90. The van der Waals surface area contributed by atoms with E-state index in [1.54, 1.807) is 12.1 Å². The summed E-state index contributed by atoms with van der Waals surface area (Å²) in [7, 11) is 1.36. The summed E-state index contributed by atoms with van der Waals surface area (Å²) in [6.45, 7) is 8.41. The van der Waals surface area contributed by atoms with Gasteiger partial charge in [-0.2, -0.15) is 4.98 Å². The van der Waals surface area contributed by atoms with Crippen molar-refractivity contribution >= 4 is 29.1 Å². The SMILES string of the molecule is COC(=O)c1ccccc1Nc1cc(C)nc(Nc2ccccc2C(C)(C)C)n1. The highest BCUT2D eigenvalue weighted by atomic mass is 16.5. The largest absolute Gasteiger partial charge is 0.465 e. The number of nitrogens with one attached hydrogen (secondary N) is 2. The van der Waals surface area contributed by atoms with Gasteiger partial charge in [0.05, 0.1) is 18.4 Å². The molecule has 6 nitrogen and oxygen atoms in total. The Balaban J connectivity index is 1.92. The summed E-state index contributed by atoms with van der Waals surface area (Å²) in [6.07, 6.45) is 0. The molecule has 6 heteroatoms. The lowest BCUT2D eigenvalue weighted by Gasteiger charge is -2.23. The number of aryl methyl sites for hydroxylation is 1. The molecule has 0 atom stereocenters. The standard InChI is InChI=1S/C23H26N4O2/c1-15-14-20(25-18-12-8-6-10-16(18)21(28)29-5)27-22(24-15)26-19-13-9-7-11-17(19)23(2,3)4/h6-14H,1-5H3,(H2,24,25,26,27). The number of carbonyl (C=O) groups is 1. The van der Waals surface area contributed by atoms with Crippen LogP contribution in [0.2, 0.25) is 0 Å². The molecule has 0 bridgehead atoms. The van der Waals surface area contributed by atoms with E-state index < -0.39 is 5.97 Å². The number of benzene rings is 2. The minimum Gasteiger partial charge on any atom is -0.465 e. The fourth-order valence-corrected chi connectivity index (χ4v) is 3.07. The first-order valence-electron chi connectivity index (χ1n) is 9.44. The Morgan fingerprint density at radius 2 is 1.59 bits per heavy atom. The number of methoxy groups -OCH3 is 1. The van der Waals surface area contributed by atoms with E-state index in [0.717, 1.165) is 11.4 Å². The van der Waals surface area contributed by atoms with Crippen molar-refractivity contribution in [1.82, 2.24) is 9.97 Å². The third-order valence-electron chi connectivity index (χ3n) is 4.43. The number of esters is 1. The number of para-hydroxylation sites is 2. The van der Waals surface area contributed by atoms with Gasteiger partial charge < -0.3 is 15.4 Å². The Bertz CT molecular complexity index is 1030. The van der Waals surface area contributed by atoms with Gasteiger partial charge in [0.2, 0.25) is 5.95 Å². The Morgan fingerprint density at radius 1 is 0.931 bits per heavy atom. The van der Waals surface area contributed by atoms with E-state index in [-0.39, 0.29) is 5.41 Å². The van der Waals surface area contributed by atoms with Gasteiger partial charge in [-0.15, -0.1) is 0 Å². The lowest BCUT2D eigenvalue weighted by Crippen LogP contribution is -2.14. The minimum absolute atomic E-state index is 0.0199. The molecule has 0 aliphatic heterocycles. The van der Waals surface area contributed by atoms with E-state index in [1.165, 1.54) is 12.7 Å². The van der Waals surface area contributed by atoms with Crippen molar-refractivity contribution in [2.24, 2.45) is 0 Å². The topological polar surface area (TPSA) is 76.1 Å². The molecule has 29 heavy (non-hydrogen) atoms. The van der Waals surface area contributed by atoms with Crippen LogP contribution in [0, 0.1) is 6.92 Å². The number of rotatable bonds is 5. The number of carbonyl (C=O) groups excluding carboxylic acids is 1. The zero-order valence-corrected chi connectivity index (χ0v) is 17.4. The highest BCUT2D eigenvalue weighted by Crippen LogP contribution is 2.31. The molecule has 0 fully saturated rings. The summed E-state index contributed by atoms with van der Waals surface area (Å²) in [5, 5.41) is 6.55. The fraction of sp³-hybridized carbons (Fsp3) is 0.261.